The van der Waals surface area contributed by atoms with Crippen molar-refractivity contribution in [3.8, 4) is 6.07 Å². The lowest BCUT2D eigenvalue weighted by atomic mass is 10.0. The zero-order valence-electron chi connectivity index (χ0n) is 12.4. The predicted molar refractivity (Wildman–Crippen MR) is 77.7 cm³/mol. The summed E-state index contributed by atoms with van der Waals surface area (Å²) in [5, 5.41) is 11.5. The van der Waals surface area contributed by atoms with Gasteiger partial charge in [-0.2, -0.15) is 5.26 Å². The average Bonchev–Trinajstić information content (AvgIpc) is 3.08. The van der Waals surface area contributed by atoms with Crippen molar-refractivity contribution < 1.29 is 19.1 Å². The number of nitrogens with one attached hydrogen (secondary N) is 1. The molecule has 0 bridgehead atoms. The second kappa shape index (κ2) is 7.57. The largest absolute Gasteiger partial charge is 0.467 e. The van der Waals surface area contributed by atoms with Gasteiger partial charge in [-0.3, -0.25) is 4.79 Å². The molecule has 0 saturated carbocycles. The van der Waals surface area contributed by atoms with Crippen molar-refractivity contribution in [2.75, 3.05) is 20.3 Å². The zero-order valence-corrected chi connectivity index (χ0v) is 12.4. The van der Waals surface area contributed by atoms with E-state index in [0.717, 1.165) is 5.56 Å². The molecule has 1 aliphatic heterocycles. The first-order valence-corrected chi connectivity index (χ1v) is 7.09. The van der Waals surface area contributed by atoms with Gasteiger partial charge in [-0.15, -0.1) is 0 Å². The molecule has 116 valence electrons. The van der Waals surface area contributed by atoms with Gasteiger partial charge in [0.15, 0.2) is 0 Å². The summed E-state index contributed by atoms with van der Waals surface area (Å²) >= 11 is 0. The number of hydrogen-bond donors (Lipinski definition) is 1. The van der Waals surface area contributed by atoms with E-state index in [9.17, 15) is 9.59 Å². The van der Waals surface area contributed by atoms with Crippen molar-refractivity contribution in [3.63, 3.8) is 0 Å². The van der Waals surface area contributed by atoms with Crippen molar-refractivity contribution >= 4 is 11.9 Å². The molecule has 22 heavy (non-hydrogen) atoms. The highest BCUT2D eigenvalue weighted by molar-refractivity contribution is 5.86. The molecular weight excluding hydrogens is 284 g/mol. The Hall–Kier alpha value is -2.39. The highest BCUT2D eigenvalue weighted by Gasteiger charge is 2.28. The fourth-order valence-electron chi connectivity index (χ4n) is 2.32. The summed E-state index contributed by atoms with van der Waals surface area (Å²) in [5.41, 5.74) is 1.39. The van der Waals surface area contributed by atoms with Gasteiger partial charge < -0.3 is 14.8 Å². The summed E-state index contributed by atoms with van der Waals surface area (Å²) in [6, 6.07) is 8.17. The SMILES string of the molecule is COC(=O)[C@H](Cc1ccc(C#N)cc1)NC(=O)[C@H]1CCOC1. The van der Waals surface area contributed by atoms with E-state index < -0.39 is 12.0 Å². The third-order valence-electron chi connectivity index (χ3n) is 3.63. The van der Waals surface area contributed by atoms with E-state index in [0.29, 0.717) is 31.6 Å². The van der Waals surface area contributed by atoms with Crippen LogP contribution in [0.25, 0.3) is 0 Å². The number of hydrogen-bond acceptors (Lipinski definition) is 5. The minimum Gasteiger partial charge on any atom is -0.467 e. The first-order valence-electron chi connectivity index (χ1n) is 7.09. The second-order valence-corrected chi connectivity index (χ2v) is 5.16. The molecule has 6 heteroatoms. The predicted octanol–water partition coefficient (Wildman–Crippen LogP) is 0.795. The first kappa shape index (κ1) is 16.0. The molecule has 1 amide bonds. The van der Waals surface area contributed by atoms with Gasteiger partial charge >= 0.3 is 5.97 Å². The van der Waals surface area contributed by atoms with E-state index in [1.807, 2.05) is 6.07 Å². The van der Waals surface area contributed by atoms with Crippen LogP contribution >= 0.6 is 0 Å². The number of esters is 1. The number of amides is 1. The Morgan fingerprint density at radius 1 is 1.45 bits per heavy atom. The van der Waals surface area contributed by atoms with Gasteiger partial charge in [0.25, 0.3) is 0 Å². The molecule has 1 N–H and O–H groups in total. The minimum atomic E-state index is -0.744. The highest BCUT2D eigenvalue weighted by Crippen LogP contribution is 2.13. The molecule has 2 rings (SSSR count). The Labute approximate surface area is 129 Å². The lowest BCUT2D eigenvalue weighted by molar-refractivity contribution is -0.145. The third-order valence-corrected chi connectivity index (χ3v) is 3.63. The first-order chi connectivity index (χ1) is 10.6. The van der Waals surface area contributed by atoms with E-state index >= 15 is 0 Å². The molecule has 1 aromatic carbocycles. The number of benzene rings is 1. The van der Waals surface area contributed by atoms with Crippen LogP contribution in [0.2, 0.25) is 0 Å². The van der Waals surface area contributed by atoms with E-state index in [2.05, 4.69) is 5.32 Å². The highest BCUT2D eigenvalue weighted by atomic mass is 16.5. The van der Waals surface area contributed by atoms with Gasteiger partial charge in [0.1, 0.15) is 6.04 Å². The molecule has 1 aliphatic rings. The van der Waals surface area contributed by atoms with Crippen molar-refractivity contribution in [3.05, 3.63) is 35.4 Å². The maximum atomic E-state index is 12.1. The number of carbonyl (C=O) groups excluding carboxylic acids is 2. The molecular formula is C16H18N2O4. The number of methoxy groups -OCH3 is 1. The fraction of sp³-hybridized carbons (Fsp3) is 0.438. The van der Waals surface area contributed by atoms with E-state index in [4.69, 9.17) is 14.7 Å². The minimum absolute atomic E-state index is 0.193. The molecule has 2 atom stereocenters. The Morgan fingerprint density at radius 3 is 2.73 bits per heavy atom. The third kappa shape index (κ3) is 4.06. The second-order valence-electron chi connectivity index (χ2n) is 5.16. The molecule has 0 aromatic heterocycles. The summed E-state index contributed by atoms with van der Waals surface area (Å²) in [7, 11) is 1.29. The van der Waals surface area contributed by atoms with E-state index in [1.165, 1.54) is 7.11 Å². The van der Waals surface area contributed by atoms with Gasteiger partial charge in [0.05, 0.1) is 31.3 Å². The van der Waals surface area contributed by atoms with Gasteiger partial charge in [0, 0.05) is 13.0 Å². The number of rotatable bonds is 5. The summed E-state index contributed by atoms with van der Waals surface area (Å²) in [5.74, 6) is -0.897. The van der Waals surface area contributed by atoms with Crippen LogP contribution in [0.3, 0.4) is 0 Å². The summed E-state index contributed by atoms with van der Waals surface area (Å²) in [6.45, 7) is 0.952. The van der Waals surface area contributed by atoms with Crippen LogP contribution in [0.5, 0.6) is 0 Å². The smallest absolute Gasteiger partial charge is 0.328 e. The molecule has 6 nitrogen and oxygen atoms in total. The average molecular weight is 302 g/mol. The van der Waals surface area contributed by atoms with Crippen molar-refractivity contribution in [2.45, 2.75) is 18.9 Å². The number of nitrogens with zero attached hydrogens (tertiary/aromatic N) is 1. The van der Waals surface area contributed by atoms with Crippen molar-refractivity contribution in [2.24, 2.45) is 5.92 Å². The maximum absolute atomic E-state index is 12.1. The fourth-order valence-corrected chi connectivity index (χ4v) is 2.32. The summed E-state index contributed by atoms with van der Waals surface area (Å²) in [6.07, 6.45) is 0.980. The van der Waals surface area contributed by atoms with Crippen LogP contribution in [0.1, 0.15) is 17.5 Å². The summed E-state index contributed by atoms with van der Waals surface area (Å²) in [4.78, 5) is 24.0. The standard InChI is InChI=1S/C16H18N2O4/c1-21-16(20)14(18-15(19)13-6-7-22-10-13)8-11-2-4-12(9-17)5-3-11/h2-5,13-14H,6-8,10H2,1H3,(H,18,19)/t13-,14-/m0/s1. The summed E-state index contributed by atoms with van der Waals surface area (Å²) < 4.78 is 9.94. The molecule has 1 saturated heterocycles. The Bertz CT molecular complexity index is 571. The van der Waals surface area contributed by atoms with Gasteiger partial charge in [-0.05, 0) is 24.1 Å². The van der Waals surface area contributed by atoms with Crippen LogP contribution in [0, 0.1) is 17.2 Å². The van der Waals surface area contributed by atoms with Crippen LogP contribution in [-0.2, 0) is 25.5 Å². The normalized spacial score (nSPS) is 18.3. The molecule has 1 heterocycles. The Morgan fingerprint density at radius 2 is 2.18 bits per heavy atom. The maximum Gasteiger partial charge on any atom is 0.328 e. The van der Waals surface area contributed by atoms with Crippen LogP contribution < -0.4 is 5.32 Å². The Balaban J connectivity index is 2.03. The number of ether oxygens (including phenoxy) is 2. The molecule has 0 unspecified atom stereocenters. The van der Waals surface area contributed by atoms with Gasteiger partial charge in [-0.25, -0.2) is 4.79 Å². The van der Waals surface area contributed by atoms with Crippen LogP contribution in [-0.4, -0.2) is 38.2 Å². The van der Waals surface area contributed by atoms with Gasteiger partial charge in [-0.1, -0.05) is 12.1 Å². The number of carbonyl (C=O) groups is 2. The molecule has 0 spiro atoms. The lowest BCUT2D eigenvalue weighted by Gasteiger charge is -2.18. The molecule has 1 fully saturated rings. The van der Waals surface area contributed by atoms with Gasteiger partial charge in [0.2, 0.25) is 5.91 Å². The molecule has 1 aromatic rings. The topological polar surface area (TPSA) is 88.4 Å². The zero-order chi connectivity index (χ0) is 15.9. The lowest BCUT2D eigenvalue weighted by Crippen LogP contribution is -2.45. The van der Waals surface area contributed by atoms with Crippen molar-refractivity contribution in [1.29, 1.82) is 5.26 Å². The Kier molecular flexibility index (Phi) is 5.50. The quantitative estimate of drug-likeness (QED) is 0.813. The van der Waals surface area contributed by atoms with E-state index in [-0.39, 0.29) is 11.8 Å². The molecule has 0 aliphatic carbocycles. The monoisotopic (exact) mass is 302 g/mol. The van der Waals surface area contributed by atoms with Crippen LogP contribution in [0.15, 0.2) is 24.3 Å². The van der Waals surface area contributed by atoms with Crippen LogP contribution in [0.4, 0.5) is 0 Å². The van der Waals surface area contributed by atoms with E-state index in [1.54, 1.807) is 24.3 Å². The number of nitriles is 1. The molecule has 0 radical (unpaired) electrons. The van der Waals surface area contributed by atoms with Crippen molar-refractivity contribution in [1.82, 2.24) is 5.32 Å².